The van der Waals surface area contributed by atoms with Crippen molar-refractivity contribution in [1.29, 1.82) is 0 Å². The molecule has 0 bridgehead atoms. The third kappa shape index (κ3) is 22.0. The molecule has 0 aliphatic heterocycles. The molecule has 0 unspecified atom stereocenters. The average Bonchev–Trinajstić information content (AvgIpc) is 3.19. The maximum atomic E-state index is 12.1. The highest BCUT2D eigenvalue weighted by atomic mass is 31.1. The lowest BCUT2D eigenvalue weighted by molar-refractivity contribution is 0.218. The van der Waals surface area contributed by atoms with Gasteiger partial charge in [0.05, 0.1) is 27.4 Å². The molecule has 0 amide bonds. The third-order valence-electron chi connectivity index (χ3n) is 11.8. The summed E-state index contributed by atoms with van der Waals surface area (Å²) in [6.07, 6.45) is 23.9. The Balaban J connectivity index is 1.40. The summed E-state index contributed by atoms with van der Waals surface area (Å²) in [5.74, 6) is 3.88. The van der Waals surface area contributed by atoms with Gasteiger partial charge < -0.3 is 18.9 Å². The largest absolute Gasteiger partial charge is 0.697 e. The summed E-state index contributed by atoms with van der Waals surface area (Å²) in [5, 5.41) is 0. The summed E-state index contributed by atoms with van der Waals surface area (Å²) in [7, 11) is 1.52. The van der Waals surface area contributed by atoms with Gasteiger partial charge in [0.2, 0.25) is 0 Å². The van der Waals surface area contributed by atoms with E-state index in [9.17, 15) is 4.57 Å². The maximum Gasteiger partial charge on any atom is 0.697 e. The summed E-state index contributed by atoms with van der Waals surface area (Å²) in [5.41, 5.74) is 4.72. The molecule has 8 heteroatoms. The molecule has 0 saturated carbocycles. The van der Waals surface area contributed by atoms with E-state index in [4.69, 9.17) is 28.0 Å². The Bertz CT molecular complexity index is 1430. The van der Waals surface area contributed by atoms with Gasteiger partial charge in [-0.1, -0.05) is 186 Å². The van der Waals surface area contributed by atoms with Crippen LogP contribution in [-0.4, -0.2) is 40.6 Å². The van der Waals surface area contributed by atoms with Gasteiger partial charge in [-0.05, 0) is 71.6 Å². The molecule has 0 N–H and O–H groups in total. The summed E-state index contributed by atoms with van der Waals surface area (Å²) in [6.45, 7) is 29.3. The molecule has 2 aromatic rings. The van der Waals surface area contributed by atoms with E-state index in [0.717, 1.165) is 74.7 Å². The van der Waals surface area contributed by atoms with Gasteiger partial charge >= 0.3 is 8.25 Å². The Morgan fingerprint density at radius 3 is 0.790 bits per heavy atom. The van der Waals surface area contributed by atoms with Crippen molar-refractivity contribution in [3.05, 3.63) is 46.5 Å². The fraction of sp³-hybridized carbons (Fsp3) is 0.778. The first-order valence-corrected chi connectivity index (χ1v) is 25.7. The maximum absolute atomic E-state index is 12.1. The van der Waals surface area contributed by atoms with E-state index in [-0.39, 0.29) is 21.7 Å². The molecule has 0 spiro atoms. The molecule has 0 fully saturated rings. The molecule has 2 rings (SSSR count). The van der Waals surface area contributed by atoms with Crippen LogP contribution < -0.4 is 18.9 Å². The summed E-state index contributed by atoms with van der Waals surface area (Å²) >= 11 is 0. The van der Waals surface area contributed by atoms with E-state index in [1.807, 2.05) is 0 Å². The predicted molar refractivity (Wildman–Crippen MR) is 264 cm³/mol. The molecule has 0 aromatic heterocycles. The minimum Gasteiger partial charge on any atom is -0.496 e. The number of hydrogen-bond acceptors (Lipinski definition) is 7. The molecule has 0 aliphatic carbocycles. The van der Waals surface area contributed by atoms with Crippen molar-refractivity contribution in [3.8, 4) is 23.0 Å². The second-order valence-electron chi connectivity index (χ2n) is 21.8. The number of rotatable bonds is 32. The zero-order valence-corrected chi connectivity index (χ0v) is 43.5. The molecule has 0 saturated heterocycles. The van der Waals surface area contributed by atoms with Gasteiger partial charge in [0.15, 0.2) is 0 Å². The van der Waals surface area contributed by atoms with E-state index in [2.05, 4.69) is 107 Å². The van der Waals surface area contributed by atoms with E-state index >= 15 is 0 Å². The minimum atomic E-state index is -2.00. The van der Waals surface area contributed by atoms with Crippen LogP contribution in [0.4, 0.5) is 0 Å². The number of methoxy groups -OCH3 is 2. The summed E-state index contributed by atoms with van der Waals surface area (Å²) in [6, 6.07) is 8.78. The van der Waals surface area contributed by atoms with Gasteiger partial charge in [-0.3, -0.25) is 0 Å². The van der Waals surface area contributed by atoms with Gasteiger partial charge in [-0.25, -0.2) is 0 Å². The van der Waals surface area contributed by atoms with Crippen LogP contribution in [-0.2, 0) is 35.3 Å². The number of unbranched alkanes of at least 4 members (excludes halogenated alkanes) is 18. The predicted octanol–water partition coefficient (Wildman–Crippen LogP) is 16.8. The van der Waals surface area contributed by atoms with Gasteiger partial charge in [-0.2, -0.15) is 0 Å². The highest BCUT2D eigenvalue weighted by Crippen LogP contribution is 2.43. The van der Waals surface area contributed by atoms with Crippen molar-refractivity contribution >= 4 is 8.25 Å². The number of hydrogen-bond donors (Lipinski definition) is 0. The van der Waals surface area contributed by atoms with Crippen molar-refractivity contribution in [2.45, 2.75) is 233 Å². The van der Waals surface area contributed by atoms with Gasteiger partial charge in [0.1, 0.15) is 36.2 Å². The Kier molecular flexibility index (Phi) is 25.7. The quantitative estimate of drug-likeness (QED) is 0.0535. The molecule has 7 nitrogen and oxygen atoms in total. The van der Waals surface area contributed by atoms with Gasteiger partial charge in [0.25, 0.3) is 0 Å². The van der Waals surface area contributed by atoms with Crippen molar-refractivity contribution in [2.24, 2.45) is 0 Å². The van der Waals surface area contributed by atoms with Crippen LogP contribution in [0.15, 0.2) is 24.3 Å². The molecule has 62 heavy (non-hydrogen) atoms. The van der Waals surface area contributed by atoms with E-state index < -0.39 is 8.25 Å². The van der Waals surface area contributed by atoms with Crippen molar-refractivity contribution in [3.63, 3.8) is 0 Å². The average molecular weight is 886 g/mol. The Labute approximate surface area is 382 Å². The first-order chi connectivity index (χ1) is 29.2. The van der Waals surface area contributed by atoms with E-state index in [1.54, 1.807) is 14.2 Å². The number of benzene rings is 2. The Morgan fingerprint density at radius 2 is 0.548 bits per heavy atom. The first kappa shape index (κ1) is 55.8. The molecule has 0 radical (unpaired) electrons. The van der Waals surface area contributed by atoms with E-state index in [0.29, 0.717) is 13.2 Å². The lowest BCUT2D eigenvalue weighted by atomic mass is 9.81. The van der Waals surface area contributed by atoms with Crippen molar-refractivity contribution in [2.75, 3.05) is 40.6 Å². The Hall–Kier alpha value is -2.34. The molecule has 0 atom stereocenters. The van der Waals surface area contributed by atoms with Crippen LogP contribution in [0.1, 0.15) is 234 Å². The zero-order valence-electron chi connectivity index (χ0n) is 42.6. The minimum absolute atomic E-state index is 0.0143. The highest BCUT2D eigenvalue weighted by molar-refractivity contribution is 7.33. The van der Waals surface area contributed by atoms with Crippen LogP contribution in [0, 0.1) is 0 Å². The smallest absolute Gasteiger partial charge is 0.496 e. The standard InChI is InChI=1S/C54H94O7P/c1-51(2,3)43-41-49(45(53(7,8)9)39-47(43)56-13)58-35-31-27-23-19-15-17-21-25-29-33-37-60-62(55)61-38-34-30-26-22-18-16-20-24-28-32-36-59-50-42-44(52(4,5)6)48(57-14)40-46(50)54(10,11)12/h39-42H,15-38H2,1-14H3/q+1. The molecule has 2 aromatic carbocycles. The summed E-state index contributed by atoms with van der Waals surface area (Å²) < 4.78 is 47.3. The molecule has 356 valence electrons. The van der Waals surface area contributed by atoms with Crippen LogP contribution in [0.3, 0.4) is 0 Å². The second kappa shape index (κ2) is 28.5. The van der Waals surface area contributed by atoms with Crippen LogP contribution in [0.5, 0.6) is 23.0 Å². The zero-order chi connectivity index (χ0) is 46.2. The fourth-order valence-corrected chi connectivity index (χ4v) is 8.59. The first-order valence-electron chi connectivity index (χ1n) is 24.6. The lowest BCUT2D eigenvalue weighted by Crippen LogP contribution is -2.18. The Morgan fingerprint density at radius 1 is 0.339 bits per heavy atom. The lowest BCUT2D eigenvalue weighted by Gasteiger charge is -2.28. The highest BCUT2D eigenvalue weighted by Gasteiger charge is 2.28. The monoisotopic (exact) mass is 886 g/mol. The third-order valence-corrected chi connectivity index (χ3v) is 12.6. The van der Waals surface area contributed by atoms with Crippen molar-refractivity contribution in [1.82, 2.24) is 0 Å². The van der Waals surface area contributed by atoms with Gasteiger partial charge in [0, 0.05) is 26.8 Å². The van der Waals surface area contributed by atoms with E-state index in [1.165, 1.54) is 112 Å². The topological polar surface area (TPSA) is 72.5 Å². The van der Waals surface area contributed by atoms with Gasteiger partial charge in [-0.15, -0.1) is 9.05 Å². The fourth-order valence-electron chi connectivity index (χ4n) is 7.96. The van der Waals surface area contributed by atoms with Crippen LogP contribution in [0.2, 0.25) is 0 Å². The molecule has 0 heterocycles. The van der Waals surface area contributed by atoms with Crippen molar-refractivity contribution < 1.29 is 32.6 Å². The normalized spacial score (nSPS) is 12.5. The SMILES string of the molecule is COc1cc(C(C)(C)C)c(OCCCCCCCCCCCCO[P+](=O)OCCCCCCCCCCCCOc2cc(C(C)(C)C)c(OC)cc2C(C)(C)C)cc1C(C)(C)C. The number of ether oxygens (including phenoxy) is 4. The molecular weight excluding hydrogens is 792 g/mol. The van der Waals surface area contributed by atoms with Crippen LogP contribution in [0.25, 0.3) is 0 Å². The molecule has 0 aliphatic rings. The summed E-state index contributed by atoms with van der Waals surface area (Å²) in [4.78, 5) is 0. The second-order valence-corrected chi connectivity index (χ2v) is 22.7. The molecular formula is C54H94O7P+. The van der Waals surface area contributed by atoms with Crippen LogP contribution >= 0.6 is 8.25 Å².